The molecule has 3 rings (SSSR count). The highest BCUT2D eigenvalue weighted by Crippen LogP contribution is 2.24. The van der Waals surface area contributed by atoms with Gasteiger partial charge in [-0.25, -0.2) is 0 Å². The Kier molecular flexibility index (Phi) is 3.93. The highest BCUT2D eigenvalue weighted by molar-refractivity contribution is 6.22. The molecule has 0 radical (unpaired) electrons. The molecule has 0 aromatic heterocycles. The summed E-state index contributed by atoms with van der Waals surface area (Å²) in [7, 11) is 0. The lowest BCUT2D eigenvalue weighted by atomic mass is 9.95. The normalized spacial score (nSPS) is 14.1. The van der Waals surface area contributed by atoms with Gasteiger partial charge in [-0.05, 0) is 30.2 Å². The van der Waals surface area contributed by atoms with Gasteiger partial charge in [0.05, 0.1) is 17.0 Å². The number of rotatable bonds is 4. The van der Waals surface area contributed by atoms with Crippen LogP contribution < -0.4 is 10.6 Å². The van der Waals surface area contributed by atoms with Crippen molar-refractivity contribution >= 4 is 23.4 Å². The highest BCUT2D eigenvalue weighted by atomic mass is 16.2. The fraction of sp³-hybridized carbons (Fsp3) is 0.167. The molecule has 116 valence electrons. The average Bonchev–Trinajstić information content (AvgIpc) is 2.83. The van der Waals surface area contributed by atoms with Crippen molar-refractivity contribution in [3.63, 3.8) is 0 Å². The van der Waals surface area contributed by atoms with Crippen LogP contribution in [0.4, 0.5) is 5.69 Å². The second kappa shape index (κ2) is 6.04. The Labute approximate surface area is 133 Å². The van der Waals surface area contributed by atoms with Crippen LogP contribution >= 0.6 is 0 Å². The van der Waals surface area contributed by atoms with Gasteiger partial charge < -0.3 is 5.32 Å². The van der Waals surface area contributed by atoms with Gasteiger partial charge >= 0.3 is 0 Å². The van der Waals surface area contributed by atoms with Gasteiger partial charge in [-0.2, -0.15) is 0 Å². The van der Waals surface area contributed by atoms with E-state index in [2.05, 4.69) is 10.6 Å². The number of benzene rings is 2. The van der Waals surface area contributed by atoms with Crippen LogP contribution in [0.1, 0.15) is 45.5 Å². The molecule has 1 aliphatic rings. The van der Waals surface area contributed by atoms with Gasteiger partial charge in [0.25, 0.3) is 11.8 Å². The summed E-state index contributed by atoms with van der Waals surface area (Å²) < 4.78 is 0. The van der Waals surface area contributed by atoms with Crippen LogP contribution in [-0.4, -0.2) is 17.7 Å². The molecule has 0 spiro atoms. The molecule has 2 aromatic carbocycles. The number of fused-ring (bicyclic) bond motifs is 1. The average molecular weight is 308 g/mol. The molecule has 3 amide bonds. The van der Waals surface area contributed by atoms with E-state index in [-0.39, 0.29) is 11.8 Å². The maximum Gasteiger partial charge on any atom is 0.259 e. The number of anilines is 1. The number of nitrogens with one attached hydrogen (secondary N) is 2. The molecule has 1 aliphatic heterocycles. The minimum Gasteiger partial charge on any atom is -0.326 e. The van der Waals surface area contributed by atoms with Crippen LogP contribution in [0.5, 0.6) is 0 Å². The SMILES string of the molecule is CCC(C(=O)Nc1ccc2c(c1)C(=O)NC2=O)c1ccccc1. The fourth-order valence-electron chi connectivity index (χ4n) is 2.73. The zero-order valence-electron chi connectivity index (χ0n) is 12.6. The van der Waals surface area contributed by atoms with Gasteiger partial charge in [0.1, 0.15) is 0 Å². The number of imide groups is 1. The van der Waals surface area contributed by atoms with Gasteiger partial charge in [0, 0.05) is 5.69 Å². The number of carbonyl (C=O) groups excluding carboxylic acids is 3. The first-order valence-electron chi connectivity index (χ1n) is 7.45. The Balaban J connectivity index is 1.82. The summed E-state index contributed by atoms with van der Waals surface area (Å²) in [6.07, 6.45) is 0.666. The minimum atomic E-state index is -0.434. The van der Waals surface area contributed by atoms with Crippen LogP contribution in [-0.2, 0) is 4.79 Å². The van der Waals surface area contributed by atoms with Crippen molar-refractivity contribution < 1.29 is 14.4 Å². The molecule has 5 heteroatoms. The van der Waals surface area contributed by atoms with Crippen molar-refractivity contribution in [1.82, 2.24) is 5.32 Å². The largest absolute Gasteiger partial charge is 0.326 e. The Morgan fingerprint density at radius 1 is 1.04 bits per heavy atom. The van der Waals surface area contributed by atoms with E-state index in [9.17, 15) is 14.4 Å². The van der Waals surface area contributed by atoms with Crippen LogP contribution in [0.15, 0.2) is 48.5 Å². The number of hydrogen-bond acceptors (Lipinski definition) is 3. The van der Waals surface area contributed by atoms with Gasteiger partial charge in [-0.15, -0.1) is 0 Å². The summed E-state index contributed by atoms with van der Waals surface area (Å²) in [5.41, 5.74) is 2.08. The van der Waals surface area contributed by atoms with Crippen molar-refractivity contribution in [3.8, 4) is 0 Å². The molecular weight excluding hydrogens is 292 g/mol. The van der Waals surface area contributed by atoms with Crippen molar-refractivity contribution in [3.05, 3.63) is 65.2 Å². The third-order valence-electron chi connectivity index (χ3n) is 3.93. The zero-order chi connectivity index (χ0) is 16.4. The van der Waals surface area contributed by atoms with E-state index in [4.69, 9.17) is 0 Å². The fourth-order valence-corrected chi connectivity index (χ4v) is 2.73. The molecule has 1 heterocycles. The van der Waals surface area contributed by atoms with Crippen LogP contribution in [0.2, 0.25) is 0 Å². The van der Waals surface area contributed by atoms with Crippen LogP contribution in [0.3, 0.4) is 0 Å². The van der Waals surface area contributed by atoms with Crippen molar-refractivity contribution in [2.45, 2.75) is 19.3 Å². The van der Waals surface area contributed by atoms with E-state index in [0.717, 1.165) is 5.56 Å². The Morgan fingerprint density at radius 2 is 1.74 bits per heavy atom. The lowest BCUT2D eigenvalue weighted by Crippen LogP contribution is -2.21. The topological polar surface area (TPSA) is 75.3 Å². The molecule has 0 saturated carbocycles. The predicted molar refractivity (Wildman–Crippen MR) is 86.3 cm³/mol. The molecule has 23 heavy (non-hydrogen) atoms. The third kappa shape index (κ3) is 2.85. The van der Waals surface area contributed by atoms with Gasteiger partial charge in [0.2, 0.25) is 5.91 Å². The summed E-state index contributed by atoms with van der Waals surface area (Å²) in [5.74, 6) is -1.24. The lowest BCUT2D eigenvalue weighted by molar-refractivity contribution is -0.117. The maximum absolute atomic E-state index is 12.5. The molecule has 0 bridgehead atoms. The summed E-state index contributed by atoms with van der Waals surface area (Å²) >= 11 is 0. The maximum atomic E-state index is 12.5. The quantitative estimate of drug-likeness (QED) is 0.853. The third-order valence-corrected chi connectivity index (χ3v) is 3.93. The first-order valence-corrected chi connectivity index (χ1v) is 7.45. The second-order valence-electron chi connectivity index (χ2n) is 5.40. The number of hydrogen-bond donors (Lipinski definition) is 2. The van der Waals surface area contributed by atoms with E-state index in [1.807, 2.05) is 37.3 Å². The first kappa shape index (κ1) is 15.0. The molecule has 5 nitrogen and oxygen atoms in total. The van der Waals surface area contributed by atoms with Gasteiger partial charge in [0.15, 0.2) is 0 Å². The molecule has 1 unspecified atom stereocenters. The Morgan fingerprint density at radius 3 is 2.43 bits per heavy atom. The standard InChI is InChI=1S/C18H16N2O3/c1-2-13(11-6-4-3-5-7-11)16(21)19-12-8-9-14-15(10-12)18(23)20-17(14)22/h3-10,13H,2H2,1H3,(H,19,21)(H,20,22,23). The second-order valence-corrected chi connectivity index (χ2v) is 5.40. The van der Waals surface area contributed by atoms with Crippen molar-refractivity contribution in [2.75, 3.05) is 5.32 Å². The first-order chi connectivity index (χ1) is 11.1. The Hall–Kier alpha value is -2.95. The van der Waals surface area contributed by atoms with E-state index in [1.54, 1.807) is 12.1 Å². The predicted octanol–water partition coefficient (Wildman–Crippen LogP) is 2.70. The van der Waals surface area contributed by atoms with E-state index in [1.165, 1.54) is 6.07 Å². The van der Waals surface area contributed by atoms with Crippen LogP contribution in [0, 0.1) is 0 Å². The molecule has 0 aliphatic carbocycles. The lowest BCUT2D eigenvalue weighted by Gasteiger charge is -2.15. The number of amides is 3. The van der Waals surface area contributed by atoms with Gasteiger partial charge in [-0.3, -0.25) is 19.7 Å². The van der Waals surface area contributed by atoms with Crippen LogP contribution in [0.25, 0.3) is 0 Å². The van der Waals surface area contributed by atoms with Crippen molar-refractivity contribution in [1.29, 1.82) is 0 Å². The molecular formula is C18H16N2O3. The molecule has 0 saturated heterocycles. The molecule has 1 atom stereocenters. The summed E-state index contributed by atoms with van der Waals surface area (Å²) in [6.45, 7) is 1.95. The molecule has 2 N–H and O–H groups in total. The van der Waals surface area contributed by atoms with Crippen molar-refractivity contribution in [2.24, 2.45) is 0 Å². The Bertz CT molecular complexity index is 784. The monoisotopic (exact) mass is 308 g/mol. The zero-order valence-corrected chi connectivity index (χ0v) is 12.6. The smallest absolute Gasteiger partial charge is 0.259 e. The van der Waals surface area contributed by atoms with E-state index in [0.29, 0.717) is 23.2 Å². The summed E-state index contributed by atoms with van der Waals surface area (Å²) in [5, 5.41) is 5.06. The van der Waals surface area contributed by atoms with E-state index < -0.39 is 11.8 Å². The summed E-state index contributed by atoms with van der Waals surface area (Å²) in [6, 6.07) is 14.3. The molecule has 0 fully saturated rings. The van der Waals surface area contributed by atoms with E-state index >= 15 is 0 Å². The highest BCUT2D eigenvalue weighted by Gasteiger charge is 2.27. The summed E-state index contributed by atoms with van der Waals surface area (Å²) in [4.78, 5) is 35.7. The minimum absolute atomic E-state index is 0.136. The van der Waals surface area contributed by atoms with Gasteiger partial charge in [-0.1, -0.05) is 37.3 Å². The molecule has 2 aromatic rings. The number of carbonyl (C=O) groups is 3.